The summed E-state index contributed by atoms with van der Waals surface area (Å²) in [6, 6.07) is 5.73. The molecule has 0 saturated heterocycles. The molecule has 2 rings (SSSR count). The van der Waals surface area contributed by atoms with Gasteiger partial charge in [0.1, 0.15) is 11.6 Å². The number of halogens is 1. The van der Waals surface area contributed by atoms with E-state index in [9.17, 15) is 9.18 Å². The fourth-order valence-corrected chi connectivity index (χ4v) is 1.50. The first-order valence-corrected chi connectivity index (χ1v) is 4.67. The highest BCUT2D eigenvalue weighted by Gasteiger charge is 2.24. The van der Waals surface area contributed by atoms with Gasteiger partial charge in [-0.05, 0) is 24.3 Å². The van der Waals surface area contributed by atoms with E-state index in [1.54, 1.807) is 12.1 Å². The molecule has 1 amide bonds. The molecular formula is C10H11FN4O. The first-order valence-electron chi connectivity index (χ1n) is 4.67. The van der Waals surface area contributed by atoms with E-state index < -0.39 is 5.91 Å². The van der Waals surface area contributed by atoms with Crippen LogP contribution in [0.2, 0.25) is 0 Å². The molecule has 1 aliphatic rings. The van der Waals surface area contributed by atoms with Gasteiger partial charge in [0, 0.05) is 6.54 Å². The molecule has 1 aliphatic heterocycles. The van der Waals surface area contributed by atoms with Crippen LogP contribution in [0.15, 0.2) is 35.7 Å². The zero-order valence-electron chi connectivity index (χ0n) is 8.40. The van der Waals surface area contributed by atoms with Gasteiger partial charge in [-0.25, -0.2) is 9.82 Å². The van der Waals surface area contributed by atoms with Crippen LogP contribution >= 0.6 is 0 Å². The highest BCUT2D eigenvalue weighted by Crippen LogP contribution is 2.20. The Bertz CT molecular complexity index is 454. The van der Waals surface area contributed by atoms with Gasteiger partial charge in [0.05, 0.1) is 11.3 Å². The molecule has 5 N–H and O–H groups in total. The Labute approximate surface area is 91.5 Å². The number of carbonyl (C=O) groups is 1. The van der Waals surface area contributed by atoms with Crippen molar-refractivity contribution in [2.45, 2.75) is 0 Å². The quantitative estimate of drug-likeness (QED) is 0.647. The minimum Gasteiger partial charge on any atom is -0.384 e. The number of carbonyl (C=O) groups excluding carboxylic acids is 1. The topological polar surface area (TPSA) is 84.4 Å². The van der Waals surface area contributed by atoms with Crippen molar-refractivity contribution in [1.29, 1.82) is 0 Å². The second-order valence-electron chi connectivity index (χ2n) is 3.37. The van der Waals surface area contributed by atoms with E-state index in [4.69, 9.17) is 11.5 Å². The van der Waals surface area contributed by atoms with Crippen molar-refractivity contribution in [1.82, 2.24) is 5.43 Å². The van der Waals surface area contributed by atoms with E-state index in [-0.39, 0.29) is 18.2 Å². The number of nitrogens with zero attached hydrogens (tertiary/aromatic N) is 1. The first-order chi connectivity index (χ1) is 7.59. The molecule has 0 fully saturated rings. The normalized spacial score (nSPS) is 15.7. The largest absolute Gasteiger partial charge is 0.384 e. The predicted molar refractivity (Wildman–Crippen MR) is 57.3 cm³/mol. The lowest BCUT2D eigenvalue weighted by molar-refractivity contribution is -0.114. The molecular weight excluding hydrogens is 211 g/mol. The van der Waals surface area contributed by atoms with E-state index in [0.29, 0.717) is 11.3 Å². The van der Waals surface area contributed by atoms with Crippen molar-refractivity contribution >= 4 is 11.6 Å². The number of hydrazine groups is 1. The van der Waals surface area contributed by atoms with Crippen LogP contribution in [-0.2, 0) is 4.79 Å². The summed E-state index contributed by atoms with van der Waals surface area (Å²) in [4.78, 5) is 11.0. The summed E-state index contributed by atoms with van der Waals surface area (Å²) >= 11 is 0. The van der Waals surface area contributed by atoms with Gasteiger partial charge >= 0.3 is 0 Å². The van der Waals surface area contributed by atoms with Crippen LogP contribution < -0.4 is 21.9 Å². The third-order valence-electron chi connectivity index (χ3n) is 2.35. The standard InChI is InChI=1S/C10H11FN4O/c11-6-1-3-7(4-2-6)15-9(12)8(5-14-15)10(13)16/h1-4,14H,5,12H2,(H2,13,16). The predicted octanol–water partition coefficient (Wildman–Crippen LogP) is -0.194. The zero-order chi connectivity index (χ0) is 11.7. The fourth-order valence-electron chi connectivity index (χ4n) is 1.50. The number of hydrogen-bond donors (Lipinski definition) is 3. The first kappa shape index (κ1) is 10.4. The van der Waals surface area contributed by atoms with Gasteiger partial charge < -0.3 is 11.5 Å². The molecule has 84 valence electrons. The van der Waals surface area contributed by atoms with Gasteiger partial charge in [-0.2, -0.15) is 0 Å². The maximum absolute atomic E-state index is 12.7. The highest BCUT2D eigenvalue weighted by atomic mass is 19.1. The number of rotatable bonds is 2. The molecule has 0 spiro atoms. The molecule has 0 saturated carbocycles. The zero-order valence-corrected chi connectivity index (χ0v) is 8.40. The van der Waals surface area contributed by atoms with Gasteiger partial charge in [-0.3, -0.25) is 9.80 Å². The third-order valence-corrected chi connectivity index (χ3v) is 2.35. The molecule has 1 heterocycles. The van der Waals surface area contributed by atoms with Crippen LogP contribution in [0.3, 0.4) is 0 Å². The summed E-state index contributed by atoms with van der Waals surface area (Å²) in [5.74, 6) is -0.644. The summed E-state index contributed by atoms with van der Waals surface area (Å²) in [7, 11) is 0. The molecule has 0 radical (unpaired) electrons. The molecule has 1 aromatic rings. The van der Waals surface area contributed by atoms with Crippen molar-refractivity contribution in [2.75, 3.05) is 11.6 Å². The fraction of sp³-hybridized carbons (Fsp3) is 0.100. The van der Waals surface area contributed by atoms with Crippen molar-refractivity contribution < 1.29 is 9.18 Å². The SMILES string of the molecule is NC(=O)C1=C(N)N(c2ccc(F)cc2)NC1. The Hall–Kier alpha value is -2.08. The average molecular weight is 222 g/mol. The summed E-state index contributed by atoms with van der Waals surface area (Å²) in [6.07, 6.45) is 0. The van der Waals surface area contributed by atoms with Crippen LogP contribution in [0.1, 0.15) is 0 Å². The smallest absolute Gasteiger partial charge is 0.249 e. The third kappa shape index (κ3) is 1.70. The number of amides is 1. The average Bonchev–Trinajstić information content (AvgIpc) is 2.61. The lowest BCUT2D eigenvalue weighted by atomic mass is 10.2. The Morgan fingerprint density at radius 3 is 2.50 bits per heavy atom. The van der Waals surface area contributed by atoms with Gasteiger partial charge in [0.25, 0.3) is 0 Å². The van der Waals surface area contributed by atoms with Gasteiger partial charge in [0.2, 0.25) is 5.91 Å². The maximum atomic E-state index is 12.7. The number of nitrogens with one attached hydrogen (secondary N) is 1. The molecule has 6 heteroatoms. The highest BCUT2D eigenvalue weighted by molar-refractivity contribution is 5.94. The van der Waals surface area contributed by atoms with Gasteiger partial charge in [0.15, 0.2) is 0 Å². The van der Waals surface area contributed by atoms with E-state index in [1.807, 2.05) is 0 Å². The molecule has 0 atom stereocenters. The monoisotopic (exact) mass is 222 g/mol. The Morgan fingerprint density at radius 1 is 1.38 bits per heavy atom. The summed E-state index contributed by atoms with van der Waals surface area (Å²) in [5.41, 5.74) is 14.7. The lowest BCUT2D eigenvalue weighted by Gasteiger charge is -2.19. The minimum atomic E-state index is -0.561. The molecule has 0 aromatic heterocycles. The molecule has 0 bridgehead atoms. The molecule has 16 heavy (non-hydrogen) atoms. The number of benzene rings is 1. The summed E-state index contributed by atoms with van der Waals surface area (Å²) < 4.78 is 12.7. The maximum Gasteiger partial charge on any atom is 0.249 e. The molecule has 1 aromatic carbocycles. The summed E-state index contributed by atoms with van der Waals surface area (Å²) in [5, 5.41) is 1.50. The van der Waals surface area contributed by atoms with Crippen LogP contribution in [0.4, 0.5) is 10.1 Å². The van der Waals surface area contributed by atoms with E-state index in [2.05, 4.69) is 5.43 Å². The Balaban J connectivity index is 2.31. The number of hydrogen-bond acceptors (Lipinski definition) is 4. The second kappa shape index (κ2) is 3.82. The Morgan fingerprint density at radius 2 is 2.00 bits per heavy atom. The van der Waals surface area contributed by atoms with Crippen molar-refractivity contribution in [3.63, 3.8) is 0 Å². The van der Waals surface area contributed by atoms with Crippen molar-refractivity contribution in [3.05, 3.63) is 41.5 Å². The van der Waals surface area contributed by atoms with Crippen LogP contribution in [0.25, 0.3) is 0 Å². The second-order valence-corrected chi connectivity index (χ2v) is 3.37. The number of nitrogens with two attached hydrogens (primary N) is 2. The van der Waals surface area contributed by atoms with E-state index >= 15 is 0 Å². The lowest BCUT2D eigenvalue weighted by Crippen LogP contribution is -2.34. The van der Waals surface area contributed by atoms with Crippen molar-refractivity contribution in [3.8, 4) is 0 Å². The van der Waals surface area contributed by atoms with Gasteiger partial charge in [-0.1, -0.05) is 0 Å². The van der Waals surface area contributed by atoms with E-state index in [0.717, 1.165) is 0 Å². The van der Waals surface area contributed by atoms with Crippen LogP contribution in [0, 0.1) is 5.82 Å². The molecule has 5 nitrogen and oxygen atoms in total. The van der Waals surface area contributed by atoms with Crippen LogP contribution in [-0.4, -0.2) is 12.5 Å². The number of anilines is 1. The minimum absolute atomic E-state index is 0.249. The summed E-state index contributed by atoms with van der Waals surface area (Å²) in [6.45, 7) is 0.276. The molecule has 0 aliphatic carbocycles. The van der Waals surface area contributed by atoms with Crippen LogP contribution in [0.5, 0.6) is 0 Å². The van der Waals surface area contributed by atoms with Crippen molar-refractivity contribution in [2.24, 2.45) is 11.5 Å². The van der Waals surface area contributed by atoms with E-state index in [1.165, 1.54) is 17.1 Å². The Kier molecular flexibility index (Phi) is 2.49. The molecule has 0 unspecified atom stereocenters. The number of primary amides is 1. The van der Waals surface area contributed by atoms with Gasteiger partial charge in [-0.15, -0.1) is 0 Å².